The second-order valence-corrected chi connectivity index (χ2v) is 6.05. The molecule has 6 nitrogen and oxygen atoms in total. The number of hydrogen-bond acceptors (Lipinski definition) is 5. The quantitative estimate of drug-likeness (QED) is 0.811. The summed E-state index contributed by atoms with van der Waals surface area (Å²) < 4.78 is 18.0. The van der Waals surface area contributed by atoms with Crippen LogP contribution in [0.5, 0.6) is 0 Å². The molecular formula is C17H22FN3O3. The van der Waals surface area contributed by atoms with E-state index in [0.717, 1.165) is 0 Å². The van der Waals surface area contributed by atoms with Crippen LogP contribution in [0, 0.1) is 5.82 Å². The minimum Gasteiger partial charge on any atom is -0.386 e. The first-order valence-electron chi connectivity index (χ1n) is 7.92. The smallest absolute Gasteiger partial charge is 0.227 e. The van der Waals surface area contributed by atoms with E-state index < -0.39 is 12.1 Å². The van der Waals surface area contributed by atoms with Crippen molar-refractivity contribution in [1.82, 2.24) is 15.5 Å². The number of halogens is 1. The average molecular weight is 335 g/mol. The summed E-state index contributed by atoms with van der Waals surface area (Å²) in [5.41, 5.74) is 0.544. The number of nitrogens with one attached hydrogen (secondary N) is 1. The van der Waals surface area contributed by atoms with Gasteiger partial charge in [-0.2, -0.15) is 4.98 Å². The summed E-state index contributed by atoms with van der Waals surface area (Å²) in [5.74, 6) is 0.601. The van der Waals surface area contributed by atoms with Gasteiger partial charge in [-0.3, -0.25) is 4.79 Å². The van der Waals surface area contributed by atoms with E-state index in [0.29, 0.717) is 23.7 Å². The van der Waals surface area contributed by atoms with Gasteiger partial charge in [0.05, 0.1) is 12.1 Å². The van der Waals surface area contributed by atoms with Crippen LogP contribution in [-0.2, 0) is 11.2 Å². The highest BCUT2D eigenvalue weighted by Gasteiger charge is 2.19. The van der Waals surface area contributed by atoms with Crippen molar-refractivity contribution in [3.8, 4) is 0 Å². The molecule has 0 saturated heterocycles. The number of aliphatic hydroxyl groups is 1. The molecule has 0 bridgehead atoms. The van der Waals surface area contributed by atoms with Crippen LogP contribution in [0.25, 0.3) is 0 Å². The van der Waals surface area contributed by atoms with Crippen LogP contribution < -0.4 is 5.32 Å². The molecule has 130 valence electrons. The summed E-state index contributed by atoms with van der Waals surface area (Å²) in [6.07, 6.45) is -0.393. The molecule has 2 unspecified atom stereocenters. The molecule has 0 aliphatic rings. The van der Waals surface area contributed by atoms with Gasteiger partial charge in [-0.25, -0.2) is 4.39 Å². The van der Waals surface area contributed by atoms with Gasteiger partial charge in [0.1, 0.15) is 5.82 Å². The van der Waals surface area contributed by atoms with Crippen LogP contribution in [0.3, 0.4) is 0 Å². The maximum absolute atomic E-state index is 12.9. The Morgan fingerprint density at radius 3 is 2.54 bits per heavy atom. The lowest BCUT2D eigenvalue weighted by Crippen LogP contribution is -2.37. The highest BCUT2D eigenvalue weighted by molar-refractivity contribution is 5.76. The molecule has 1 aromatic carbocycles. The van der Waals surface area contributed by atoms with E-state index >= 15 is 0 Å². The Morgan fingerprint density at radius 1 is 1.29 bits per heavy atom. The molecule has 2 aromatic rings. The first kappa shape index (κ1) is 18.1. The van der Waals surface area contributed by atoms with Crippen molar-refractivity contribution < 1.29 is 18.8 Å². The van der Waals surface area contributed by atoms with Crippen LogP contribution in [0.4, 0.5) is 4.39 Å². The van der Waals surface area contributed by atoms with E-state index in [1.807, 2.05) is 13.8 Å². The standard InChI is InChI=1S/C17H22FN3O3/c1-10(2)17-20-15(24-21-17)9-8-14(22)19-11(3)16(23)12-4-6-13(18)7-5-12/h4-7,10-11,16,23H,8-9H2,1-3H3,(H,19,22). The lowest BCUT2D eigenvalue weighted by Gasteiger charge is -2.20. The van der Waals surface area contributed by atoms with Gasteiger partial charge in [-0.1, -0.05) is 31.1 Å². The fourth-order valence-corrected chi connectivity index (χ4v) is 2.18. The molecule has 0 fully saturated rings. The van der Waals surface area contributed by atoms with Gasteiger partial charge in [0.2, 0.25) is 11.8 Å². The predicted octanol–water partition coefficient (Wildman–Crippen LogP) is 2.50. The van der Waals surface area contributed by atoms with Crippen LogP contribution in [0.2, 0.25) is 0 Å². The average Bonchev–Trinajstić information content (AvgIpc) is 3.02. The molecular weight excluding hydrogens is 313 g/mol. The predicted molar refractivity (Wildman–Crippen MR) is 85.7 cm³/mol. The second kappa shape index (κ2) is 8.01. The molecule has 0 aliphatic carbocycles. The number of carbonyl (C=O) groups is 1. The van der Waals surface area contributed by atoms with E-state index in [9.17, 15) is 14.3 Å². The molecule has 24 heavy (non-hydrogen) atoms. The van der Waals surface area contributed by atoms with Crippen molar-refractivity contribution in [2.45, 2.75) is 51.7 Å². The van der Waals surface area contributed by atoms with Crippen LogP contribution in [0.1, 0.15) is 56.5 Å². The largest absolute Gasteiger partial charge is 0.386 e. The summed E-state index contributed by atoms with van der Waals surface area (Å²) in [5, 5.41) is 16.8. The van der Waals surface area contributed by atoms with Crippen molar-refractivity contribution >= 4 is 5.91 Å². The summed E-state index contributed by atoms with van der Waals surface area (Å²) in [6.45, 7) is 5.61. The Hall–Kier alpha value is -2.28. The molecule has 1 amide bonds. The van der Waals surface area contributed by atoms with E-state index in [1.165, 1.54) is 24.3 Å². The highest BCUT2D eigenvalue weighted by atomic mass is 19.1. The number of carbonyl (C=O) groups excluding carboxylic acids is 1. The number of aromatic nitrogens is 2. The third kappa shape index (κ3) is 4.86. The lowest BCUT2D eigenvalue weighted by molar-refractivity contribution is -0.122. The molecule has 2 rings (SSSR count). The Bertz CT molecular complexity index is 670. The van der Waals surface area contributed by atoms with Crippen LogP contribution in [-0.4, -0.2) is 27.2 Å². The van der Waals surface area contributed by atoms with E-state index in [-0.39, 0.29) is 24.1 Å². The van der Waals surface area contributed by atoms with E-state index in [2.05, 4.69) is 15.5 Å². The fourth-order valence-electron chi connectivity index (χ4n) is 2.18. The number of amides is 1. The molecule has 7 heteroatoms. The van der Waals surface area contributed by atoms with Crippen molar-refractivity contribution in [1.29, 1.82) is 0 Å². The lowest BCUT2D eigenvalue weighted by atomic mass is 10.0. The zero-order valence-corrected chi connectivity index (χ0v) is 14.0. The molecule has 0 aliphatic heterocycles. The van der Waals surface area contributed by atoms with Gasteiger partial charge < -0.3 is 14.9 Å². The first-order valence-corrected chi connectivity index (χ1v) is 7.92. The maximum atomic E-state index is 12.9. The van der Waals surface area contributed by atoms with Crippen molar-refractivity contribution in [2.24, 2.45) is 0 Å². The molecule has 1 aromatic heterocycles. The summed E-state index contributed by atoms with van der Waals surface area (Å²) in [7, 11) is 0. The SMILES string of the molecule is CC(C)c1noc(CCC(=O)NC(C)C(O)c2ccc(F)cc2)n1. The zero-order chi connectivity index (χ0) is 17.7. The third-order valence-electron chi connectivity index (χ3n) is 3.64. The summed E-state index contributed by atoms with van der Waals surface area (Å²) in [6, 6.07) is 5.03. The summed E-state index contributed by atoms with van der Waals surface area (Å²) in [4.78, 5) is 16.2. The Kier molecular flexibility index (Phi) is 6.03. The number of aliphatic hydroxyl groups excluding tert-OH is 1. The molecule has 2 N–H and O–H groups in total. The first-order chi connectivity index (χ1) is 11.4. The maximum Gasteiger partial charge on any atom is 0.227 e. The van der Waals surface area contributed by atoms with Crippen molar-refractivity contribution in [3.05, 3.63) is 47.4 Å². The zero-order valence-electron chi connectivity index (χ0n) is 14.0. The molecule has 2 atom stereocenters. The normalized spacial score (nSPS) is 13.8. The monoisotopic (exact) mass is 335 g/mol. The van der Waals surface area contributed by atoms with Crippen LogP contribution in [0.15, 0.2) is 28.8 Å². The minimum absolute atomic E-state index is 0.169. The third-order valence-corrected chi connectivity index (χ3v) is 3.64. The number of aryl methyl sites for hydroxylation is 1. The highest BCUT2D eigenvalue weighted by Crippen LogP contribution is 2.17. The van der Waals surface area contributed by atoms with Crippen molar-refractivity contribution in [2.75, 3.05) is 0 Å². The number of nitrogens with zero attached hydrogens (tertiary/aromatic N) is 2. The van der Waals surface area contributed by atoms with E-state index in [1.54, 1.807) is 6.92 Å². The van der Waals surface area contributed by atoms with Gasteiger partial charge in [-0.15, -0.1) is 0 Å². The van der Waals surface area contributed by atoms with Gasteiger partial charge in [-0.05, 0) is 24.6 Å². The Balaban J connectivity index is 1.83. The number of benzene rings is 1. The minimum atomic E-state index is -0.912. The van der Waals surface area contributed by atoms with Gasteiger partial charge in [0.15, 0.2) is 5.82 Å². The molecule has 1 heterocycles. The fraction of sp³-hybridized carbons (Fsp3) is 0.471. The second-order valence-electron chi connectivity index (χ2n) is 6.05. The number of hydrogen-bond donors (Lipinski definition) is 2. The van der Waals surface area contributed by atoms with Gasteiger partial charge in [0.25, 0.3) is 0 Å². The summed E-state index contributed by atoms with van der Waals surface area (Å²) >= 11 is 0. The molecule has 0 radical (unpaired) electrons. The number of rotatable bonds is 7. The van der Waals surface area contributed by atoms with E-state index in [4.69, 9.17) is 4.52 Å². The van der Waals surface area contributed by atoms with Crippen LogP contribution >= 0.6 is 0 Å². The topological polar surface area (TPSA) is 88.2 Å². The Morgan fingerprint density at radius 2 is 1.96 bits per heavy atom. The van der Waals surface area contributed by atoms with Gasteiger partial charge in [0, 0.05) is 18.8 Å². The van der Waals surface area contributed by atoms with Gasteiger partial charge >= 0.3 is 0 Å². The molecule has 0 spiro atoms. The van der Waals surface area contributed by atoms with Crippen molar-refractivity contribution in [3.63, 3.8) is 0 Å². The Labute approximate surface area is 140 Å². The molecule has 0 saturated carbocycles.